The standard InChI is InChI=1S/C21H17F3N2O4S/c22-21(23,24)16-8-19(28)30-18-6-11(1-4-15(16)18)5-14(27)9-26-20(29)12-2-3-13(10-31)17(25)7-12/h1-4,6-8,31H,5,9-10,25H2,(H,26,29). The number of rotatable bonds is 6. The molecular weight excluding hydrogens is 433 g/mol. The number of hydrogen-bond donors (Lipinski definition) is 3. The van der Waals surface area contributed by atoms with Crippen LogP contribution in [0.1, 0.15) is 27.0 Å². The lowest BCUT2D eigenvalue weighted by Crippen LogP contribution is -2.30. The van der Waals surface area contributed by atoms with Gasteiger partial charge in [-0.15, -0.1) is 0 Å². The fraction of sp³-hybridized carbons (Fsp3) is 0.190. The van der Waals surface area contributed by atoms with Crippen molar-refractivity contribution >= 4 is 41.0 Å². The third-order valence-electron chi connectivity index (χ3n) is 4.54. The van der Waals surface area contributed by atoms with Crippen LogP contribution in [0.4, 0.5) is 18.9 Å². The van der Waals surface area contributed by atoms with Crippen molar-refractivity contribution in [2.75, 3.05) is 12.3 Å². The van der Waals surface area contributed by atoms with Crippen LogP contribution in [-0.4, -0.2) is 18.2 Å². The molecule has 0 spiro atoms. The van der Waals surface area contributed by atoms with Crippen molar-refractivity contribution < 1.29 is 27.2 Å². The number of Topliss-reactive ketones (excluding diaryl/α,β-unsaturated/α-hetero) is 1. The second kappa shape index (κ2) is 8.84. The molecule has 3 aromatic rings. The van der Waals surface area contributed by atoms with E-state index in [1.54, 1.807) is 12.1 Å². The number of alkyl halides is 3. The molecule has 3 N–H and O–H groups in total. The zero-order valence-electron chi connectivity index (χ0n) is 16.0. The van der Waals surface area contributed by atoms with Crippen molar-refractivity contribution in [3.05, 3.63) is 75.1 Å². The van der Waals surface area contributed by atoms with Crippen LogP contribution in [0.25, 0.3) is 11.0 Å². The highest BCUT2D eigenvalue weighted by Crippen LogP contribution is 2.34. The van der Waals surface area contributed by atoms with Crippen LogP contribution in [0.5, 0.6) is 0 Å². The Morgan fingerprint density at radius 2 is 1.84 bits per heavy atom. The smallest absolute Gasteiger partial charge is 0.417 e. The number of ketones is 1. The van der Waals surface area contributed by atoms with E-state index in [9.17, 15) is 27.6 Å². The Morgan fingerprint density at radius 1 is 1.10 bits per heavy atom. The van der Waals surface area contributed by atoms with Gasteiger partial charge in [-0.1, -0.05) is 18.2 Å². The average molecular weight is 450 g/mol. The van der Waals surface area contributed by atoms with E-state index < -0.39 is 23.3 Å². The summed E-state index contributed by atoms with van der Waals surface area (Å²) in [5.74, 6) is -0.463. The minimum atomic E-state index is -4.72. The molecule has 0 saturated carbocycles. The molecule has 0 bridgehead atoms. The molecular formula is C21H17F3N2O4S. The van der Waals surface area contributed by atoms with E-state index in [-0.39, 0.29) is 35.3 Å². The molecule has 0 unspecified atom stereocenters. The number of carbonyl (C=O) groups is 2. The number of anilines is 1. The highest BCUT2D eigenvalue weighted by molar-refractivity contribution is 7.79. The molecule has 1 heterocycles. The fourth-order valence-corrected chi connectivity index (χ4v) is 3.29. The van der Waals surface area contributed by atoms with E-state index in [0.717, 1.165) is 11.6 Å². The first kappa shape index (κ1) is 22.4. The van der Waals surface area contributed by atoms with Crippen molar-refractivity contribution in [3.63, 3.8) is 0 Å². The molecule has 0 aliphatic heterocycles. The second-order valence-electron chi connectivity index (χ2n) is 6.78. The van der Waals surface area contributed by atoms with Crippen molar-refractivity contribution in [3.8, 4) is 0 Å². The highest BCUT2D eigenvalue weighted by atomic mass is 32.1. The van der Waals surface area contributed by atoms with Crippen molar-refractivity contribution in [1.82, 2.24) is 5.32 Å². The highest BCUT2D eigenvalue weighted by Gasteiger charge is 2.33. The van der Waals surface area contributed by atoms with Crippen LogP contribution in [0.2, 0.25) is 0 Å². The molecule has 3 rings (SSSR count). The zero-order chi connectivity index (χ0) is 22.8. The van der Waals surface area contributed by atoms with Crippen LogP contribution in [-0.2, 0) is 23.1 Å². The molecule has 0 aliphatic carbocycles. The van der Waals surface area contributed by atoms with Gasteiger partial charge in [0.15, 0.2) is 5.78 Å². The topological polar surface area (TPSA) is 102 Å². The van der Waals surface area contributed by atoms with Crippen LogP contribution >= 0.6 is 12.6 Å². The first-order valence-corrected chi connectivity index (χ1v) is 9.65. The maximum atomic E-state index is 13.1. The number of nitrogens with one attached hydrogen (secondary N) is 1. The van der Waals surface area contributed by atoms with Crippen molar-refractivity contribution in [2.45, 2.75) is 18.3 Å². The van der Waals surface area contributed by atoms with E-state index in [1.165, 1.54) is 18.2 Å². The lowest BCUT2D eigenvalue weighted by atomic mass is 10.0. The Morgan fingerprint density at radius 3 is 2.48 bits per heavy atom. The summed E-state index contributed by atoms with van der Waals surface area (Å²) in [6, 6.07) is 8.79. The Hall–Kier alpha value is -3.27. The monoisotopic (exact) mass is 450 g/mol. The third kappa shape index (κ3) is 5.26. The molecule has 162 valence electrons. The van der Waals surface area contributed by atoms with Gasteiger partial charge in [0.25, 0.3) is 5.91 Å². The third-order valence-corrected chi connectivity index (χ3v) is 4.88. The molecule has 0 atom stereocenters. The van der Waals surface area contributed by atoms with Crippen molar-refractivity contribution in [2.24, 2.45) is 0 Å². The number of fused-ring (bicyclic) bond motifs is 1. The zero-order valence-corrected chi connectivity index (χ0v) is 16.8. The van der Waals surface area contributed by atoms with Gasteiger partial charge in [-0.25, -0.2) is 4.79 Å². The minimum absolute atomic E-state index is 0.170. The first-order valence-electron chi connectivity index (χ1n) is 9.01. The summed E-state index contributed by atoms with van der Waals surface area (Å²) in [5.41, 5.74) is 5.11. The largest absolute Gasteiger partial charge is 0.423 e. The van der Waals surface area contributed by atoms with Gasteiger partial charge in [-0.3, -0.25) is 9.59 Å². The summed E-state index contributed by atoms with van der Waals surface area (Å²) in [6.45, 7) is -0.294. The number of halogens is 3. The van der Waals surface area contributed by atoms with Gasteiger partial charge in [-0.2, -0.15) is 25.8 Å². The van der Waals surface area contributed by atoms with Crippen LogP contribution in [0.3, 0.4) is 0 Å². The minimum Gasteiger partial charge on any atom is -0.423 e. The van der Waals surface area contributed by atoms with E-state index >= 15 is 0 Å². The number of carbonyl (C=O) groups excluding carboxylic acids is 2. The predicted octanol–water partition coefficient (Wildman–Crippen LogP) is 3.37. The number of thiol groups is 1. The summed E-state index contributed by atoms with van der Waals surface area (Å²) < 4.78 is 44.2. The molecule has 1 amide bonds. The maximum absolute atomic E-state index is 13.1. The number of benzene rings is 2. The molecule has 2 aromatic carbocycles. The van der Waals surface area contributed by atoms with Gasteiger partial charge in [0, 0.05) is 34.9 Å². The molecule has 0 radical (unpaired) electrons. The molecule has 6 nitrogen and oxygen atoms in total. The maximum Gasteiger partial charge on any atom is 0.417 e. The number of hydrogen-bond acceptors (Lipinski definition) is 6. The van der Waals surface area contributed by atoms with E-state index in [2.05, 4.69) is 17.9 Å². The Balaban J connectivity index is 1.70. The Kier molecular flexibility index (Phi) is 6.40. The normalized spacial score (nSPS) is 11.5. The van der Waals surface area contributed by atoms with E-state index in [0.29, 0.717) is 23.1 Å². The summed E-state index contributed by atoms with van der Waals surface area (Å²) in [7, 11) is 0. The summed E-state index contributed by atoms with van der Waals surface area (Å²) in [6.07, 6.45) is -4.89. The quantitative estimate of drug-likeness (QED) is 0.304. The van der Waals surface area contributed by atoms with E-state index in [4.69, 9.17) is 10.2 Å². The fourth-order valence-electron chi connectivity index (χ4n) is 3.00. The molecule has 0 saturated heterocycles. The molecule has 1 aromatic heterocycles. The number of amides is 1. The molecule has 31 heavy (non-hydrogen) atoms. The van der Waals surface area contributed by atoms with Gasteiger partial charge in [-0.05, 0) is 29.3 Å². The van der Waals surface area contributed by atoms with Crippen LogP contribution in [0, 0.1) is 0 Å². The molecule has 10 heteroatoms. The lowest BCUT2D eigenvalue weighted by molar-refractivity contribution is -0.136. The summed E-state index contributed by atoms with van der Waals surface area (Å²) >= 11 is 4.12. The van der Waals surface area contributed by atoms with Crippen molar-refractivity contribution in [1.29, 1.82) is 0 Å². The predicted molar refractivity (Wildman–Crippen MR) is 112 cm³/mol. The lowest BCUT2D eigenvalue weighted by Gasteiger charge is -2.10. The van der Waals surface area contributed by atoms with Crippen LogP contribution in [0.15, 0.2) is 51.7 Å². The molecule has 0 aliphatic rings. The van der Waals surface area contributed by atoms with Crippen LogP contribution < -0.4 is 16.7 Å². The van der Waals surface area contributed by atoms with Gasteiger partial charge >= 0.3 is 11.8 Å². The van der Waals surface area contributed by atoms with E-state index in [1.807, 2.05) is 0 Å². The van der Waals surface area contributed by atoms with Gasteiger partial charge in [0.2, 0.25) is 0 Å². The molecule has 0 fully saturated rings. The second-order valence-corrected chi connectivity index (χ2v) is 7.09. The summed E-state index contributed by atoms with van der Waals surface area (Å²) in [5, 5.41) is 2.19. The Labute approximate surface area is 179 Å². The number of nitrogen functional groups attached to an aromatic ring is 1. The Bertz CT molecular complexity index is 1220. The average Bonchev–Trinajstić information content (AvgIpc) is 2.70. The summed E-state index contributed by atoms with van der Waals surface area (Å²) in [4.78, 5) is 35.9. The van der Waals surface area contributed by atoms with Gasteiger partial charge in [0.1, 0.15) is 5.58 Å². The van der Waals surface area contributed by atoms with Gasteiger partial charge in [0.05, 0.1) is 12.1 Å². The SMILES string of the molecule is Nc1cc(C(=O)NCC(=O)Cc2ccc3c(C(F)(F)F)cc(=O)oc3c2)ccc1CS. The number of nitrogens with two attached hydrogens (primary N) is 1. The first-order chi connectivity index (χ1) is 14.6. The van der Waals surface area contributed by atoms with Gasteiger partial charge < -0.3 is 15.5 Å².